The third-order valence-electron chi connectivity index (χ3n) is 3.58. The second kappa shape index (κ2) is 9.26. The molecule has 1 amide bonds. The molecule has 0 aliphatic carbocycles. The van der Waals surface area contributed by atoms with Gasteiger partial charge in [0, 0.05) is 17.4 Å². The van der Waals surface area contributed by atoms with Gasteiger partial charge in [0.15, 0.2) is 0 Å². The molecular weight excluding hydrogens is 354 g/mol. The van der Waals surface area contributed by atoms with Gasteiger partial charge in [-0.1, -0.05) is 58.4 Å². The van der Waals surface area contributed by atoms with E-state index in [-0.39, 0.29) is 5.78 Å². The number of aryl methyl sites for hydroxylation is 1. The van der Waals surface area contributed by atoms with Gasteiger partial charge in [0.05, 0.1) is 0 Å². The highest BCUT2D eigenvalue weighted by Crippen LogP contribution is 2.10. The van der Waals surface area contributed by atoms with Crippen molar-refractivity contribution in [1.82, 2.24) is 5.32 Å². The van der Waals surface area contributed by atoms with Crippen molar-refractivity contribution in [2.24, 2.45) is 0 Å². The largest absolute Gasteiger partial charge is 0.349 e. The quantitative estimate of drug-likeness (QED) is 0.717. The van der Waals surface area contributed by atoms with Gasteiger partial charge in [-0.05, 0) is 42.5 Å². The van der Waals surface area contributed by atoms with E-state index >= 15 is 0 Å². The summed E-state index contributed by atoms with van der Waals surface area (Å²) in [5.41, 5.74) is 2.32. The maximum Gasteiger partial charge on any atom is 0.287 e. The molecule has 1 N–H and O–H groups in total. The molecule has 2 aromatic rings. The smallest absolute Gasteiger partial charge is 0.287 e. The molecule has 0 saturated carbocycles. The normalized spacial score (nSPS) is 10.3. The molecule has 23 heavy (non-hydrogen) atoms. The number of halogens is 1. The minimum absolute atomic E-state index is 0.291. The summed E-state index contributed by atoms with van der Waals surface area (Å²) in [6.07, 6.45) is 2.52. The number of amides is 1. The predicted molar refractivity (Wildman–Crippen MR) is 95.2 cm³/mol. The predicted octanol–water partition coefficient (Wildman–Crippen LogP) is 3.70. The third-order valence-corrected chi connectivity index (χ3v) is 4.11. The number of carbonyl (C=O) groups excluding carboxylic acids is 2. The van der Waals surface area contributed by atoms with Crippen molar-refractivity contribution in [3.63, 3.8) is 0 Å². The van der Waals surface area contributed by atoms with E-state index in [1.807, 2.05) is 54.6 Å². The number of carbonyl (C=O) groups is 2. The van der Waals surface area contributed by atoms with Crippen molar-refractivity contribution in [1.29, 1.82) is 0 Å². The van der Waals surface area contributed by atoms with E-state index in [0.29, 0.717) is 19.4 Å². The van der Waals surface area contributed by atoms with Gasteiger partial charge in [-0.25, -0.2) is 0 Å². The summed E-state index contributed by atoms with van der Waals surface area (Å²) in [4.78, 5) is 23.6. The lowest BCUT2D eigenvalue weighted by atomic mass is 10.1. The molecule has 120 valence electrons. The van der Waals surface area contributed by atoms with Gasteiger partial charge >= 0.3 is 0 Å². The van der Waals surface area contributed by atoms with Gasteiger partial charge in [0.2, 0.25) is 5.78 Å². The fourth-order valence-corrected chi connectivity index (χ4v) is 2.55. The topological polar surface area (TPSA) is 46.2 Å². The Kier molecular flexibility index (Phi) is 7.01. The molecule has 0 saturated heterocycles. The van der Waals surface area contributed by atoms with Gasteiger partial charge in [0.25, 0.3) is 5.91 Å². The van der Waals surface area contributed by atoms with E-state index in [1.165, 1.54) is 5.56 Å². The highest BCUT2D eigenvalue weighted by atomic mass is 79.9. The maximum absolute atomic E-state index is 11.8. The van der Waals surface area contributed by atoms with Gasteiger partial charge in [-0.15, -0.1) is 0 Å². The van der Waals surface area contributed by atoms with Crippen molar-refractivity contribution >= 4 is 27.6 Å². The lowest BCUT2D eigenvalue weighted by Gasteiger charge is -2.05. The average molecular weight is 374 g/mol. The summed E-state index contributed by atoms with van der Waals surface area (Å²) in [7, 11) is 0. The fourth-order valence-electron chi connectivity index (χ4n) is 2.28. The van der Waals surface area contributed by atoms with Crippen LogP contribution in [0.5, 0.6) is 0 Å². The van der Waals surface area contributed by atoms with Crippen LogP contribution in [-0.4, -0.2) is 18.2 Å². The Morgan fingerprint density at radius 3 is 2.22 bits per heavy atom. The minimum atomic E-state index is -0.477. The summed E-state index contributed by atoms with van der Waals surface area (Å²) in [6.45, 7) is 0.477. The van der Waals surface area contributed by atoms with Crippen LogP contribution < -0.4 is 5.32 Å². The van der Waals surface area contributed by atoms with E-state index < -0.39 is 5.91 Å². The summed E-state index contributed by atoms with van der Waals surface area (Å²) >= 11 is 3.38. The van der Waals surface area contributed by atoms with E-state index in [1.54, 1.807) is 0 Å². The van der Waals surface area contributed by atoms with Crippen LogP contribution in [0.15, 0.2) is 59.1 Å². The van der Waals surface area contributed by atoms with Gasteiger partial charge in [-0.2, -0.15) is 0 Å². The Morgan fingerprint density at radius 1 is 0.870 bits per heavy atom. The lowest BCUT2D eigenvalue weighted by molar-refractivity contribution is -0.137. The number of hydrogen-bond donors (Lipinski definition) is 1. The lowest BCUT2D eigenvalue weighted by Crippen LogP contribution is -2.32. The van der Waals surface area contributed by atoms with Crippen molar-refractivity contribution in [2.75, 3.05) is 6.54 Å². The molecule has 4 heteroatoms. The molecule has 0 radical (unpaired) electrons. The van der Waals surface area contributed by atoms with E-state index in [0.717, 1.165) is 22.9 Å². The summed E-state index contributed by atoms with van der Waals surface area (Å²) in [5.74, 6) is -0.813. The Labute approximate surface area is 145 Å². The average Bonchev–Trinajstić information content (AvgIpc) is 2.57. The molecule has 3 nitrogen and oxygen atoms in total. The van der Waals surface area contributed by atoms with Gasteiger partial charge < -0.3 is 5.32 Å². The van der Waals surface area contributed by atoms with Crippen molar-refractivity contribution < 1.29 is 9.59 Å². The molecule has 0 aliphatic rings. The molecule has 0 unspecified atom stereocenters. The monoisotopic (exact) mass is 373 g/mol. The Bertz CT molecular complexity index is 638. The highest BCUT2D eigenvalue weighted by molar-refractivity contribution is 9.10. The van der Waals surface area contributed by atoms with Crippen LogP contribution in [0.25, 0.3) is 0 Å². The Hall–Kier alpha value is -1.94. The zero-order chi connectivity index (χ0) is 16.5. The number of benzene rings is 2. The Balaban J connectivity index is 1.64. The van der Waals surface area contributed by atoms with Crippen LogP contribution in [0.4, 0.5) is 0 Å². The zero-order valence-electron chi connectivity index (χ0n) is 12.9. The first kappa shape index (κ1) is 17.4. The number of hydrogen-bond acceptors (Lipinski definition) is 2. The van der Waals surface area contributed by atoms with Crippen molar-refractivity contribution in [2.45, 2.75) is 25.7 Å². The van der Waals surface area contributed by atoms with E-state index in [9.17, 15) is 9.59 Å². The minimum Gasteiger partial charge on any atom is -0.349 e. The fraction of sp³-hybridized carbons (Fsp3) is 0.263. The van der Waals surface area contributed by atoms with Gasteiger partial charge in [0.1, 0.15) is 0 Å². The molecule has 2 aromatic carbocycles. The van der Waals surface area contributed by atoms with E-state index in [4.69, 9.17) is 0 Å². The third kappa shape index (κ3) is 6.37. The first-order chi connectivity index (χ1) is 11.1. The SMILES string of the molecule is O=C(CCCc1ccccc1)C(=O)NCCc1ccc(Br)cc1. The number of nitrogens with one attached hydrogen (secondary N) is 1. The first-order valence-corrected chi connectivity index (χ1v) is 8.54. The molecule has 0 spiro atoms. The van der Waals surface area contributed by atoms with Crippen molar-refractivity contribution in [3.8, 4) is 0 Å². The van der Waals surface area contributed by atoms with Crippen LogP contribution in [-0.2, 0) is 22.4 Å². The molecule has 0 fully saturated rings. The van der Waals surface area contributed by atoms with E-state index in [2.05, 4.69) is 21.2 Å². The molecule has 0 atom stereocenters. The zero-order valence-corrected chi connectivity index (χ0v) is 14.5. The summed E-state index contributed by atoms with van der Waals surface area (Å²) < 4.78 is 1.03. The molecule has 2 rings (SSSR count). The highest BCUT2D eigenvalue weighted by Gasteiger charge is 2.12. The number of Topliss-reactive ketones (excluding diaryl/α,β-unsaturated/α-hetero) is 1. The molecule has 0 heterocycles. The molecule has 0 bridgehead atoms. The van der Waals surface area contributed by atoms with Crippen LogP contribution >= 0.6 is 15.9 Å². The van der Waals surface area contributed by atoms with Crippen LogP contribution in [0.1, 0.15) is 24.0 Å². The van der Waals surface area contributed by atoms with Gasteiger partial charge in [-0.3, -0.25) is 9.59 Å². The van der Waals surface area contributed by atoms with Crippen molar-refractivity contribution in [3.05, 3.63) is 70.2 Å². The second-order valence-electron chi connectivity index (χ2n) is 5.39. The molecular formula is C19H20BrNO2. The maximum atomic E-state index is 11.8. The number of rotatable bonds is 8. The van der Waals surface area contributed by atoms with Crippen LogP contribution in [0, 0.1) is 0 Å². The second-order valence-corrected chi connectivity index (χ2v) is 6.31. The van der Waals surface area contributed by atoms with Crippen LogP contribution in [0.2, 0.25) is 0 Å². The standard InChI is InChI=1S/C19H20BrNO2/c20-17-11-9-16(10-12-17)13-14-21-19(23)18(22)8-4-7-15-5-2-1-3-6-15/h1-3,5-6,9-12H,4,7-8,13-14H2,(H,21,23). The number of ketones is 1. The van der Waals surface area contributed by atoms with Crippen LogP contribution in [0.3, 0.4) is 0 Å². The summed E-state index contributed by atoms with van der Waals surface area (Å²) in [6, 6.07) is 17.9. The molecule has 0 aromatic heterocycles. The summed E-state index contributed by atoms with van der Waals surface area (Å²) in [5, 5.41) is 2.69. The Morgan fingerprint density at radius 2 is 1.52 bits per heavy atom. The molecule has 0 aliphatic heterocycles. The first-order valence-electron chi connectivity index (χ1n) is 7.74.